The van der Waals surface area contributed by atoms with E-state index in [9.17, 15) is 18.0 Å². The molecule has 0 bridgehead atoms. The second-order valence-electron chi connectivity index (χ2n) is 3.24. The fourth-order valence-electron chi connectivity index (χ4n) is 1.45. The standard InChI is InChI=1S/C11H7BrF3NO2/c1-18-10-7(11(13,14)15)3-2-6(5-16)9(10)8(17)4-12/h2-3H,4H2,1H3. The van der Waals surface area contributed by atoms with E-state index in [-0.39, 0.29) is 16.5 Å². The molecule has 7 heteroatoms. The van der Waals surface area contributed by atoms with Gasteiger partial charge in [0.25, 0.3) is 0 Å². The van der Waals surface area contributed by atoms with Crippen molar-refractivity contribution < 1.29 is 22.7 Å². The van der Waals surface area contributed by atoms with Gasteiger partial charge in [-0.05, 0) is 12.1 Å². The molecule has 0 unspecified atom stereocenters. The van der Waals surface area contributed by atoms with E-state index in [1.807, 2.05) is 0 Å². The first-order valence-electron chi connectivity index (χ1n) is 4.64. The van der Waals surface area contributed by atoms with Crippen LogP contribution in [0.15, 0.2) is 12.1 Å². The van der Waals surface area contributed by atoms with Crippen molar-refractivity contribution in [3.63, 3.8) is 0 Å². The molecule has 0 aliphatic carbocycles. The first kappa shape index (κ1) is 14.5. The summed E-state index contributed by atoms with van der Waals surface area (Å²) in [6.45, 7) is 0. The number of hydrogen-bond donors (Lipinski definition) is 0. The van der Waals surface area contributed by atoms with Crippen molar-refractivity contribution in [3.05, 3.63) is 28.8 Å². The molecule has 18 heavy (non-hydrogen) atoms. The number of alkyl halides is 4. The summed E-state index contributed by atoms with van der Waals surface area (Å²) in [5.74, 6) is -1.26. The Bertz CT molecular complexity index is 520. The highest BCUT2D eigenvalue weighted by atomic mass is 79.9. The second kappa shape index (κ2) is 5.40. The fraction of sp³-hybridized carbons (Fsp3) is 0.273. The SMILES string of the molecule is COc1c(C(F)(F)F)ccc(C#N)c1C(=O)CBr. The Labute approximate surface area is 109 Å². The quantitative estimate of drug-likeness (QED) is 0.634. The maximum absolute atomic E-state index is 12.7. The minimum Gasteiger partial charge on any atom is -0.495 e. The molecule has 0 radical (unpaired) electrons. The molecule has 1 aromatic rings. The molecule has 96 valence electrons. The molecule has 0 heterocycles. The van der Waals surface area contributed by atoms with Crippen LogP contribution < -0.4 is 4.74 Å². The molecular formula is C11H7BrF3NO2. The number of rotatable bonds is 3. The molecule has 3 nitrogen and oxygen atoms in total. The molecule has 0 N–H and O–H groups in total. The van der Waals surface area contributed by atoms with Crippen LogP contribution in [0.3, 0.4) is 0 Å². The summed E-state index contributed by atoms with van der Waals surface area (Å²) in [6, 6.07) is 3.36. The minimum absolute atomic E-state index is 0.149. The average molecular weight is 322 g/mol. The first-order chi connectivity index (χ1) is 8.36. The van der Waals surface area contributed by atoms with Crippen LogP contribution in [-0.2, 0) is 6.18 Å². The van der Waals surface area contributed by atoms with Gasteiger partial charge in [-0.25, -0.2) is 0 Å². The third kappa shape index (κ3) is 2.64. The van der Waals surface area contributed by atoms with Gasteiger partial charge in [-0.1, -0.05) is 15.9 Å². The van der Waals surface area contributed by atoms with Gasteiger partial charge in [-0.15, -0.1) is 0 Å². The van der Waals surface area contributed by atoms with Gasteiger partial charge in [0.2, 0.25) is 0 Å². The molecule has 0 amide bonds. The Kier molecular flexibility index (Phi) is 4.35. The molecule has 0 saturated heterocycles. The number of ether oxygens (including phenoxy) is 1. The normalized spacial score (nSPS) is 10.9. The molecule has 0 aromatic heterocycles. The lowest BCUT2D eigenvalue weighted by molar-refractivity contribution is -0.138. The molecule has 0 aliphatic rings. The predicted octanol–water partition coefficient (Wildman–Crippen LogP) is 3.16. The molecule has 1 aromatic carbocycles. The fourth-order valence-corrected chi connectivity index (χ4v) is 1.74. The summed E-state index contributed by atoms with van der Waals surface area (Å²) in [4.78, 5) is 11.6. The number of halogens is 4. The third-order valence-electron chi connectivity index (χ3n) is 2.19. The van der Waals surface area contributed by atoms with Gasteiger partial charge in [0.05, 0.1) is 29.1 Å². The number of methoxy groups -OCH3 is 1. The summed E-state index contributed by atoms with van der Waals surface area (Å²) >= 11 is 2.86. The summed E-state index contributed by atoms with van der Waals surface area (Å²) in [5.41, 5.74) is -1.58. The maximum Gasteiger partial charge on any atom is 0.419 e. The van der Waals surface area contributed by atoms with Crippen LogP contribution in [0.25, 0.3) is 0 Å². The molecule has 0 spiro atoms. The number of nitrogens with zero attached hydrogens (tertiary/aromatic N) is 1. The van der Waals surface area contributed by atoms with Gasteiger partial charge in [-0.3, -0.25) is 4.79 Å². The largest absolute Gasteiger partial charge is 0.495 e. The van der Waals surface area contributed by atoms with Crippen LogP contribution >= 0.6 is 15.9 Å². The number of Topliss-reactive ketones (excluding diaryl/α,β-unsaturated/α-hetero) is 1. The van der Waals surface area contributed by atoms with Crippen molar-refractivity contribution in [1.29, 1.82) is 5.26 Å². The van der Waals surface area contributed by atoms with Crippen molar-refractivity contribution in [2.24, 2.45) is 0 Å². The Hall–Kier alpha value is -1.55. The van der Waals surface area contributed by atoms with Gasteiger partial charge >= 0.3 is 6.18 Å². The number of nitriles is 1. The molecule has 0 atom stereocenters. The van der Waals surface area contributed by atoms with E-state index in [1.54, 1.807) is 6.07 Å². The highest BCUT2D eigenvalue weighted by Crippen LogP contribution is 2.39. The van der Waals surface area contributed by atoms with E-state index < -0.39 is 23.3 Å². The smallest absolute Gasteiger partial charge is 0.419 e. The molecule has 0 fully saturated rings. The number of ketones is 1. The summed E-state index contributed by atoms with van der Waals surface area (Å²) in [5, 5.41) is 8.63. The Morgan fingerprint density at radius 1 is 1.50 bits per heavy atom. The van der Waals surface area contributed by atoms with E-state index in [0.717, 1.165) is 19.2 Å². The topological polar surface area (TPSA) is 50.1 Å². The zero-order valence-electron chi connectivity index (χ0n) is 9.14. The van der Waals surface area contributed by atoms with Crippen molar-refractivity contribution in [2.75, 3.05) is 12.4 Å². The molecule has 1 rings (SSSR count). The minimum atomic E-state index is -4.65. The lowest BCUT2D eigenvalue weighted by Gasteiger charge is -2.15. The van der Waals surface area contributed by atoms with Gasteiger partial charge in [-0.2, -0.15) is 18.4 Å². The van der Waals surface area contributed by atoms with Crippen LogP contribution in [0, 0.1) is 11.3 Å². The van der Waals surface area contributed by atoms with E-state index in [0.29, 0.717) is 0 Å². The van der Waals surface area contributed by atoms with Crippen LogP contribution in [-0.4, -0.2) is 18.2 Å². The van der Waals surface area contributed by atoms with E-state index in [1.165, 1.54) is 0 Å². The van der Waals surface area contributed by atoms with Crippen LogP contribution in [0.4, 0.5) is 13.2 Å². The Balaban J connectivity index is 3.64. The molecule has 0 saturated carbocycles. The Morgan fingerprint density at radius 2 is 2.11 bits per heavy atom. The van der Waals surface area contributed by atoms with Gasteiger partial charge < -0.3 is 4.74 Å². The predicted molar refractivity (Wildman–Crippen MR) is 60.8 cm³/mol. The number of carbonyl (C=O) groups excluding carboxylic acids is 1. The van der Waals surface area contributed by atoms with Gasteiger partial charge in [0.1, 0.15) is 11.8 Å². The zero-order valence-corrected chi connectivity index (χ0v) is 10.7. The average Bonchev–Trinajstić information content (AvgIpc) is 2.34. The molecule has 0 aliphatic heterocycles. The third-order valence-corrected chi connectivity index (χ3v) is 2.70. The highest BCUT2D eigenvalue weighted by Gasteiger charge is 2.37. The monoisotopic (exact) mass is 321 g/mol. The Morgan fingerprint density at radius 3 is 2.50 bits per heavy atom. The van der Waals surface area contributed by atoms with Crippen LogP contribution in [0.2, 0.25) is 0 Å². The molecular weight excluding hydrogens is 315 g/mol. The van der Waals surface area contributed by atoms with Gasteiger partial charge in [0.15, 0.2) is 5.78 Å². The number of carbonyl (C=O) groups is 1. The first-order valence-corrected chi connectivity index (χ1v) is 5.76. The number of benzene rings is 1. The summed E-state index contributed by atoms with van der Waals surface area (Å²) in [6.07, 6.45) is -4.65. The highest BCUT2D eigenvalue weighted by molar-refractivity contribution is 9.09. The lowest BCUT2D eigenvalue weighted by atomic mass is 9.99. The van der Waals surface area contributed by atoms with Crippen LogP contribution in [0.5, 0.6) is 5.75 Å². The number of hydrogen-bond acceptors (Lipinski definition) is 3. The van der Waals surface area contributed by atoms with Crippen molar-refractivity contribution in [3.8, 4) is 11.8 Å². The van der Waals surface area contributed by atoms with Gasteiger partial charge in [0, 0.05) is 0 Å². The second-order valence-corrected chi connectivity index (χ2v) is 3.80. The summed E-state index contributed by atoms with van der Waals surface area (Å²) in [7, 11) is 1.02. The maximum atomic E-state index is 12.7. The zero-order chi connectivity index (χ0) is 13.9. The van der Waals surface area contributed by atoms with E-state index in [4.69, 9.17) is 5.26 Å². The van der Waals surface area contributed by atoms with E-state index >= 15 is 0 Å². The van der Waals surface area contributed by atoms with Crippen molar-refractivity contribution in [1.82, 2.24) is 0 Å². The summed E-state index contributed by atoms with van der Waals surface area (Å²) < 4.78 is 42.9. The van der Waals surface area contributed by atoms with Crippen LogP contribution in [0.1, 0.15) is 21.5 Å². The lowest BCUT2D eigenvalue weighted by Crippen LogP contribution is -2.13. The van der Waals surface area contributed by atoms with E-state index in [2.05, 4.69) is 20.7 Å². The van der Waals surface area contributed by atoms with Crippen molar-refractivity contribution in [2.45, 2.75) is 6.18 Å². The van der Waals surface area contributed by atoms with Crippen molar-refractivity contribution >= 4 is 21.7 Å².